The van der Waals surface area contributed by atoms with Crippen LogP contribution < -0.4 is 0 Å². The lowest BCUT2D eigenvalue weighted by molar-refractivity contribution is -0.330. The van der Waals surface area contributed by atoms with Crippen molar-refractivity contribution in [2.45, 2.75) is 149 Å². The fraction of sp³-hybridized carbons (Fsp3) is 0.917. The van der Waals surface area contributed by atoms with Gasteiger partial charge in [-0.1, -0.05) is 60.1 Å². The summed E-state index contributed by atoms with van der Waals surface area (Å²) in [5.41, 5.74) is 0.809. The van der Waals surface area contributed by atoms with Gasteiger partial charge in [0.05, 0.1) is 18.1 Å². The molecule has 1 saturated heterocycles. The minimum atomic E-state index is -1.45. The van der Waals surface area contributed by atoms with Gasteiger partial charge in [0, 0.05) is 0 Å². The number of carbonyl (C=O) groups is 1. The number of carboxylic acids is 1. The van der Waals surface area contributed by atoms with Crippen molar-refractivity contribution in [3.05, 3.63) is 11.6 Å². The highest BCUT2D eigenvalue weighted by Crippen LogP contribution is 2.76. The molecule has 6 rings (SSSR count). The third kappa shape index (κ3) is 4.40. The van der Waals surface area contributed by atoms with Gasteiger partial charge in [0.1, 0.15) is 24.4 Å². The molecule has 4 saturated carbocycles. The van der Waals surface area contributed by atoms with E-state index in [1.807, 2.05) is 0 Å². The second-order valence-corrected chi connectivity index (χ2v) is 17.9. The fourth-order valence-electron chi connectivity index (χ4n) is 12.2. The molecule has 13 atom stereocenters. The molecule has 0 aromatic rings. The third-order valence-electron chi connectivity index (χ3n) is 15.1. The van der Waals surface area contributed by atoms with E-state index in [9.17, 15) is 30.3 Å². The maximum atomic E-state index is 12.9. The Hall–Kier alpha value is -1.03. The molecule has 1 heterocycles. The summed E-state index contributed by atoms with van der Waals surface area (Å²) in [5.74, 6) is 0.336. The van der Waals surface area contributed by atoms with Crippen LogP contribution in [0.5, 0.6) is 0 Å². The number of hydrogen-bond donors (Lipinski definition) is 5. The molecule has 0 aromatic carbocycles. The second-order valence-electron chi connectivity index (χ2n) is 17.9. The monoisotopic (exact) mass is 618 g/mol. The van der Waals surface area contributed by atoms with E-state index in [0.29, 0.717) is 11.8 Å². The van der Waals surface area contributed by atoms with Gasteiger partial charge in [-0.25, -0.2) is 0 Å². The molecule has 8 nitrogen and oxygen atoms in total. The molecule has 0 unspecified atom stereocenters. The first-order chi connectivity index (χ1) is 20.4. The first kappa shape index (κ1) is 32.9. The molecule has 250 valence electrons. The Morgan fingerprint density at radius 3 is 2.23 bits per heavy atom. The van der Waals surface area contributed by atoms with Crippen LogP contribution in [-0.4, -0.2) is 74.9 Å². The van der Waals surface area contributed by atoms with E-state index >= 15 is 0 Å². The second kappa shape index (κ2) is 10.5. The van der Waals surface area contributed by atoms with Crippen LogP contribution >= 0.6 is 0 Å². The Bertz CT molecular complexity index is 1180. The van der Waals surface area contributed by atoms with Gasteiger partial charge >= 0.3 is 5.97 Å². The lowest BCUT2D eigenvalue weighted by Gasteiger charge is -2.71. The molecular formula is C36H58O8. The van der Waals surface area contributed by atoms with Crippen molar-refractivity contribution >= 4 is 5.97 Å². The summed E-state index contributed by atoms with van der Waals surface area (Å²) in [6.07, 6.45) is 5.19. The Morgan fingerprint density at radius 1 is 0.886 bits per heavy atom. The molecule has 1 aliphatic heterocycles. The molecule has 0 aromatic heterocycles. The first-order valence-corrected chi connectivity index (χ1v) is 17.3. The minimum absolute atomic E-state index is 0.0330. The van der Waals surface area contributed by atoms with E-state index in [-0.39, 0.29) is 39.1 Å². The van der Waals surface area contributed by atoms with Crippen molar-refractivity contribution in [3.8, 4) is 0 Å². The summed E-state index contributed by atoms with van der Waals surface area (Å²) in [4.78, 5) is 12.9. The Balaban J connectivity index is 1.29. The van der Waals surface area contributed by atoms with Gasteiger partial charge in [-0.15, -0.1) is 0 Å². The summed E-state index contributed by atoms with van der Waals surface area (Å²) in [7, 11) is 0. The smallest absolute Gasteiger partial charge is 0.310 e. The largest absolute Gasteiger partial charge is 0.481 e. The predicted molar refractivity (Wildman–Crippen MR) is 165 cm³/mol. The van der Waals surface area contributed by atoms with E-state index < -0.39 is 48.7 Å². The molecule has 0 amide bonds. The van der Waals surface area contributed by atoms with Gasteiger partial charge in [0.25, 0.3) is 0 Å². The van der Waals surface area contributed by atoms with Gasteiger partial charge in [0.2, 0.25) is 0 Å². The van der Waals surface area contributed by atoms with Crippen molar-refractivity contribution in [2.24, 2.45) is 50.2 Å². The van der Waals surface area contributed by atoms with Crippen molar-refractivity contribution in [2.75, 3.05) is 6.61 Å². The molecule has 8 heteroatoms. The van der Waals surface area contributed by atoms with Crippen LogP contribution in [0.25, 0.3) is 0 Å². The van der Waals surface area contributed by atoms with Crippen molar-refractivity contribution < 1.29 is 39.8 Å². The SMILES string of the molecule is CC1(C)CC[C@]2(C(=O)O)CC[C@]3(C)C(=CC[C@@H]4[C@@]5(C)CC[C@H](O[C@@H]6O[C@H](CO)[C@H](O)[C@H](O)[C@H]6O)C(C)(C)[C@@H]5CC[C@]43C)[C@H]2C1. The Morgan fingerprint density at radius 2 is 1.57 bits per heavy atom. The van der Waals surface area contributed by atoms with Gasteiger partial charge in [-0.05, 0) is 109 Å². The maximum Gasteiger partial charge on any atom is 0.310 e. The third-order valence-corrected chi connectivity index (χ3v) is 15.1. The summed E-state index contributed by atoms with van der Waals surface area (Å²) >= 11 is 0. The number of rotatable bonds is 4. The topological polar surface area (TPSA) is 137 Å². The summed E-state index contributed by atoms with van der Waals surface area (Å²) < 4.78 is 12.2. The van der Waals surface area contributed by atoms with Gasteiger partial charge in [-0.2, -0.15) is 0 Å². The molecular weight excluding hydrogens is 560 g/mol. The van der Waals surface area contributed by atoms with Crippen LogP contribution in [0, 0.1) is 50.2 Å². The van der Waals surface area contributed by atoms with E-state index in [1.165, 1.54) is 5.57 Å². The first-order valence-electron chi connectivity index (χ1n) is 17.3. The molecule has 0 spiro atoms. The Labute approximate surface area is 263 Å². The van der Waals surface area contributed by atoms with E-state index in [4.69, 9.17) is 9.47 Å². The van der Waals surface area contributed by atoms with Crippen molar-refractivity contribution in [1.82, 2.24) is 0 Å². The Kier molecular flexibility index (Phi) is 7.84. The highest BCUT2D eigenvalue weighted by atomic mass is 16.7. The fourth-order valence-corrected chi connectivity index (χ4v) is 12.2. The summed E-state index contributed by atoms with van der Waals surface area (Å²) in [5, 5.41) is 51.7. The molecule has 6 aliphatic rings. The lowest BCUT2D eigenvalue weighted by Crippen LogP contribution is -2.66. The molecule has 0 bridgehead atoms. The van der Waals surface area contributed by atoms with Crippen LogP contribution in [0.3, 0.4) is 0 Å². The number of hydrogen-bond acceptors (Lipinski definition) is 7. The highest BCUT2D eigenvalue weighted by Gasteiger charge is 2.69. The van der Waals surface area contributed by atoms with Crippen LogP contribution in [0.15, 0.2) is 11.6 Å². The van der Waals surface area contributed by atoms with Crippen LogP contribution in [-0.2, 0) is 14.3 Å². The van der Waals surface area contributed by atoms with E-state index in [2.05, 4.69) is 54.5 Å². The average Bonchev–Trinajstić information content (AvgIpc) is 2.94. The molecule has 0 radical (unpaired) electrons. The van der Waals surface area contributed by atoms with Crippen molar-refractivity contribution in [3.63, 3.8) is 0 Å². The average molecular weight is 619 g/mol. The summed E-state index contributed by atoms with van der Waals surface area (Å²) in [6, 6.07) is 0. The highest BCUT2D eigenvalue weighted by molar-refractivity contribution is 5.76. The zero-order chi connectivity index (χ0) is 32.3. The van der Waals surface area contributed by atoms with E-state index in [1.54, 1.807) is 0 Å². The van der Waals surface area contributed by atoms with Crippen molar-refractivity contribution in [1.29, 1.82) is 0 Å². The minimum Gasteiger partial charge on any atom is -0.481 e. The lowest BCUT2D eigenvalue weighted by atomic mass is 9.33. The number of ether oxygens (including phenoxy) is 2. The number of carboxylic acid groups (broad SMARTS) is 1. The normalized spacial score (nSPS) is 52.9. The molecule has 44 heavy (non-hydrogen) atoms. The number of allylic oxidation sites excluding steroid dienone is 2. The van der Waals surface area contributed by atoms with Gasteiger partial charge < -0.3 is 35.0 Å². The van der Waals surface area contributed by atoms with Crippen LogP contribution in [0.4, 0.5) is 0 Å². The molecule has 5 N–H and O–H groups in total. The number of fused-ring (bicyclic) bond motifs is 7. The van der Waals surface area contributed by atoms with Crippen LogP contribution in [0.2, 0.25) is 0 Å². The predicted octanol–water partition coefficient (Wildman–Crippen LogP) is 5.06. The van der Waals surface area contributed by atoms with Gasteiger partial charge in [-0.3, -0.25) is 4.79 Å². The summed E-state index contributed by atoms with van der Waals surface area (Å²) in [6.45, 7) is 16.2. The van der Waals surface area contributed by atoms with Crippen LogP contribution in [0.1, 0.15) is 113 Å². The number of aliphatic carboxylic acids is 1. The van der Waals surface area contributed by atoms with E-state index in [0.717, 1.165) is 64.2 Å². The maximum absolute atomic E-state index is 12.9. The quantitative estimate of drug-likeness (QED) is 0.218. The standard InChI is InChI=1S/C36H58O8/c1-31(2)14-16-36(30(41)42)17-15-34(6)20(21(36)18-31)8-9-24-33(5)12-11-25(32(3,4)23(33)10-13-35(24,34)7)44-29-28(40)27(39)26(38)22(19-37)43-29/h8,21-29,37-40H,9-19H2,1-7H3,(H,41,42)/t21-,22-,23+,24-,25+,26+,27+,28-,29+,33+,34-,35-,36+/m1/s1. The zero-order valence-electron chi connectivity index (χ0n) is 28.0. The molecule has 5 fully saturated rings. The van der Waals surface area contributed by atoms with Gasteiger partial charge in [0.15, 0.2) is 6.29 Å². The molecule has 5 aliphatic carbocycles. The zero-order valence-corrected chi connectivity index (χ0v) is 28.0. The number of aliphatic hydroxyl groups is 4. The number of aliphatic hydroxyl groups excluding tert-OH is 4.